The summed E-state index contributed by atoms with van der Waals surface area (Å²) in [6.45, 7) is 3.76. The summed E-state index contributed by atoms with van der Waals surface area (Å²) in [5, 5.41) is 12.7. The van der Waals surface area contributed by atoms with E-state index in [0.29, 0.717) is 18.6 Å². The van der Waals surface area contributed by atoms with Crippen molar-refractivity contribution < 1.29 is 14.6 Å². The minimum absolute atomic E-state index is 0.176. The minimum atomic E-state index is 0.176. The molecule has 2 aliphatic heterocycles. The van der Waals surface area contributed by atoms with E-state index in [0.717, 1.165) is 37.3 Å². The fraction of sp³-hybridized carbons (Fsp3) is 0.625. The van der Waals surface area contributed by atoms with Gasteiger partial charge in [-0.25, -0.2) is 0 Å². The number of ether oxygens (including phenoxy) is 2. The predicted molar refractivity (Wildman–Crippen MR) is 78.1 cm³/mol. The van der Waals surface area contributed by atoms with E-state index in [1.807, 2.05) is 13.0 Å². The van der Waals surface area contributed by atoms with Crippen LogP contribution in [-0.2, 0) is 4.74 Å². The maximum absolute atomic E-state index is 9.05. The van der Waals surface area contributed by atoms with Crippen molar-refractivity contribution in [3.63, 3.8) is 0 Å². The van der Waals surface area contributed by atoms with Crippen LogP contribution >= 0.6 is 0 Å². The number of aliphatic hydroxyl groups excluding tert-OH is 1. The van der Waals surface area contributed by atoms with Gasteiger partial charge in [0, 0.05) is 36.4 Å². The Morgan fingerprint density at radius 2 is 2.35 bits per heavy atom. The van der Waals surface area contributed by atoms with E-state index in [4.69, 9.17) is 14.6 Å². The number of nitrogens with one attached hydrogen (secondary N) is 1. The van der Waals surface area contributed by atoms with E-state index in [9.17, 15) is 0 Å². The van der Waals surface area contributed by atoms with Gasteiger partial charge in [0.15, 0.2) is 0 Å². The first-order chi connectivity index (χ1) is 9.83. The number of hydrogen-bond acceptors (Lipinski definition) is 4. The second-order valence-electron chi connectivity index (χ2n) is 5.54. The van der Waals surface area contributed by atoms with Crippen LogP contribution in [0.15, 0.2) is 18.2 Å². The summed E-state index contributed by atoms with van der Waals surface area (Å²) in [7, 11) is 0. The highest BCUT2D eigenvalue weighted by molar-refractivity contribution is 5.58. The minimum Gasteiger partial charge on any atom is -0.494 e. The predicted octanol–water partition coefficient (Wildman–Crippen LogP) is 2.73. The Labute approximate surface area is 120 Å². The molecule has 0 amide bonds. The molecule has 4 nitrogen and oxygen atoms in total. The average molecular weight is 277 g/mol. The molecular weight excluding hydrogens is 254 g/mol. The largest absolute Gasteiger partial charge is 0.494 e. The molecular formula is C16H23NO3. The zero-order chi connectivity index (χ0) is 13.9. The van der Waals surface area contributed by atoms with Gasteiger partial charge in [-0.15, -0.1) is 0 Å². The fourth-order valence-electron chi connectivity index (χ4n) is 3.41. The molecule has 110 valence electrons. The van der Waals surface area contributed by atoms with Crippen molar-refractivity contribution in [3.8, 4) is 5.75 Å². The monoisotopic (exact) mass is 277 g/mol. The normalized spacial score (nSPS) is 27.6. The molecule has 0 aliphatic carbocycles. The highest BCUT2D eigenvalue weighted by atomic mass is 16.5. The average Bonchev–Trinajstić information content (AvgIpc) is 2.95. The molecule has 1 fully saturated rings. The van der Waals surface area contributed by atoms with Gasteiger partial charge in [-0.05, 0) is 44.4 Å². The van der Waals surface area contributed by atoms with Gasteiger partial charge in [-0.2, -0.15) is 0 Å². The number of aliphatic hydroxyl groups is 1. The summed E-state index contributed by atoms with van der Waals surface area (Å²) in [4.78, 5) is 0. The Kier molecular flexibility index (Phi) is 4.13. The molecule has 1 aromatic carbocycles. The maximum Gasteiger partial charge on any atom is 0.119 e. The maximum atomic E-state index is 9.05. The standard InChI is InChI=1S/C16H23NO3/c1-2-19-11-5-6-15-13(10-11)16-12(7-9-20-16)14(17-15)4-3-8-18/h5-6,10,12,14,16-18H,2-4,7-9H2,1H3/t12-,14-,16-/m1/s1. The first-order valence-electron chi connectivity index (χ1n) is 7.59. The third kappa shape index (κ3) is 2.50. The molecule has 2 aliphatic rings. The van der Waals surface area contributed by atoms with Crippen molar-refractivity contribution in [2.75, 3.05) is 25.1 Å². The van der Waals surface area contributed by atoms with Crippen molar-refractivity contribution >= 4 is 5.69 Å². The van der Waals surface area contributed by atoms with Gasteiger partial charge in [-0.1, -0.05) is 0 Å². The summed E-state index contributed by atoms with van der Waals surface area (Å²) in [5.74, 6) is 1.42. The molecule has 3 rings (SSSR count). The summed E-state index contributed by atoms with van der Waals surface area (Å²) >= 11 is 0. The van der Waals surface area contributed by atoms with Crippen molar-refractivity contribution in [3.05, 3.63) is 23.8 Å². The van der Waals surface area contributed by atoms with E-state index >= 15 is 0 Å². The van der Waals surface area contributed by atoms with Crippen LogP contribution in [0.5, 0.6) is 5.75 Å². The molecule has 0 unspecified atom stereocenters. The van der Waals surface area contributed by atoms with Gasteiger partial charge in [0.2, 0.25) is 0 Å². The number of anilines is 1. The smallest absolute Gasteiger partial charge is 0.119 e. The van der Waals surface area contributed by atoms with E-state index in [1.165, 1.54) is 5.56 Å². The SMILES string of the molecule is CCOc1ccc2c(c1)[C@@H]1OCC[C@@H]1[C@@H](CCCO)N2. The van der Waals surface area contributed by atoms with Crippen molar-refractivity contribution in [2.24, 2.45) is 5.92 Å². The van der Waals surface area contributed by atoms with Gasteiger partial charge < -0.3 is 19.9 Å². The molecule has 1 aromatic rings. The Balaban J connectivity index is 1.86. The first-order valence-corrected chi connectivity index (χ1v) is 7.59. The number of benzene rings is 1. The van der Waals surface area contributed by atoms with Crippen LogP contribution < -0.4 is 10.1 Å². The van der Waals surface area contributed by atoms with Crippen molar-refractivity contribution in [2.45, 2.75) is 38.3 Å². The lowest BCUT2D eigenvalue weighted by Gasteiger charge is -2.36. The Hall–Kier alpha value is -1.26. The van der Waals surface area contributed by atoms with Crippen molar-refractivity contribution in [1.82, 2.24) is 0 Å². The molecule has 2 N–H and O–H groups in total. The molecule has 2 heterocycles. The third-order valence-electron chi connectivity index (χ3n) is 4.31. The number of hydrogen-bond donors (Lipinski definition) is 2. The van der Waals surface area contributed by atoms with Gasteiger partial charge in [0.05, 0.1) is 12.7 Å². The van der Waals surface area contributed by atoms with Gasteiger partial charge in [-0.3, -0.25) is 0 Å². The fourth-order valence-corrected chi connectivity index (χ4v) is 3.41. The molecule has 1 saturated heterocycles. The molecule has 0 aromatic heterocycles. The third-order valence-corrected chi connectivity index (χ3v) is 4.31. The van der Waals surface area contributed by atoms with Crippen LogP contribution in [0.1, 0.15) is 37.9 Å². The molecule has 20 heavy (non-hydrogen) atoms. The highest BCUT2D eigenvalue weighted by Gasteiger charge is 2.40. The summed E-state index contributed by atoms with van der Waals surface area (Å²) in [6.07, 6.45) is 3.10. The van der Waals surface area contributed by atoms with Crippen LogP contribution in [-0.4, -0.2) is 31.0 Å². The summed E-state index contributed by atoms with van der Waals surface area (Å²) in [5.41, 5.74) is 2.37. The van der Waals surface area contributed by atoms with Crippen LogP contribution in [0.3, 0.4) is 0 Å². The zero-order valence-corrected chi connectivity index (χ0v) is 12.0. The van der Waals surface area contributed by atoms with Gasteiger partial charge >= 0.3 is 0 Å². The molecule has 4 heteroatoms. The number of rotatable bonds is 5. The van der Waals surface area contributed by atoms with E-state index in [2.05, 4.69) is 17.4 Å². The van der Waals surface area contributed by atoms with Gasteiger partial charge in [0.25, 0.3) is 0 Å². The van der Waals surface area contributed by atoms with E-state index in [-0.39, 0.29) is 12.7 Å². The zero-order valence-electron chi connectivity index (χ0n) is 12.0. The Morgan fingerprint density at radius 3 is 3.15 bits per heavy atom. The lowest BCUT2D eigenvalue weighted by molar-refractivity contribution is 0.0811. The summed E-state index contributed by atoms with van der Waals surface area (Å²) in [6, 6.07) is 6.61. The Bertz CT molecular complexity index is 463. The van der Waals surface area contributed by atoms with E-state index < -0.39 is 0 Å². The molecule has 3 atom stereocenters. The molecule has 0 radical (unpaired) electrons. The quantitative estimate of drug-likeness (QED) is 0.869. The molecule has 0 bridgehead atoms. The van der Waals surface area contributed by atoms with Crippen LogP contribution in [0, 0.1) is 5.92 Å². The summed E-state index contributed by atoms with van der Waals surface area (Å²) < 4.78 is 11.6. The topological polar surface area (TPSA) is 50.7 Å². The Morgan fingerprint density at radius 1 is 1.45 bits per heavy atom. The lowest BCUT2D eigenvalue weighted by atomic mass is 9.82. The second kappa shape index (κ2) is 6.02. The molecule has 0 saturated carbocycles. The van der Waals surface area contributed by atoms with E-state index in [1.54, 1.807) is 0 Å². The van der Waals surface area contributed by atoms with Crippen molar-refractivity contribution in [1.29, 1.82) is 0 Å². The van der Waals surface area contributed by atoms with Crippen LogP contribution in [0.2, 0.25) is 0 Å². The first kappa shape index (κ1) is 13.7. The van der Waals surface area contributed by atoms with Gasteiger partial charge in [0.1, 0.15) is 5.75 Å². The van der Waals surface area contributed by atoms with Crippen LogP contribution in [0.4, 0.5) is 5.69 Å². The number of fused-ring (bicyclic) bond motifs is 3. The lowest BCUT2D eigenvalue weighted by Crippen LogP contribution is -2.36. The van der Waals surface area contributed by atoms with Crippen LogP contribution in [0.25, 0.3) is 0 Å². The second-order valence-corrected chi connectivity index (χ2v) is 5.54. The molecule has 0 spiro atoms. The highest BCUT2D eigenvalue weighted by Crippen LogP contribution is 2.46.